The topological polar surface area (TPSA) is 85.1 Å². The van der Waals surface area contributed by atoms with Gasteiger partial charge in [-0.1, -0.05) is 20.3 Å². The fraction of sp³-hybridized carbons (Fsp3) is 0.667. The third-order valence-corrected chi connectivity index (χ3v) is 2.43. The van der Waals surface area contributed by atoms with Crippen LogP contribution in [0.1, 0.15) is 32.5 Å². The molecule has 0 aliphatic rings. The molecule has 1 aromatic heterocycles. The maximum atomic E-state index is 5.46. The zero-order valence-electron chi connectivity index (χ0n) is 11.2. The number of unbranched alkanes of at least 4 members (excludes halogenated alkanes) is 1. The molecule has 4 N–H and O–H groups in total. The Bertz CT molecular complexity index is 323. The van der Waals surface area contributed by atoms with Crippen molar-refractivity contribution in [1.29, 1.82) is 0 Å². The van der Waals surface area contributed by atoms with Crippen LogP contribution in [-0.2, 0) is 11.2 Å². The van der Waals surface area contributed by atoms with Crippen LogP contribution >= 0.6 is 0 Å². The maximum Gasteiger partial charge on any atom is 0.145 e. The Morgan fingerprint density at radius 3 is 2.67 bits per heavy atom. The Kier molecular flexibility index (Phi) is 7.05. The highest BCUT2D eigenvalue weighted by Crippen LogP contribution is 2.10. The molecule has 0 atom stereocenters. The SMILES string of the molecule is CCCCOCCNc1cc(NN)nc(CC)n1. The largest absolute Gasteiger partial charge is 0.380 e. The molecular weight excluding hydrogens is 230 g/mol. The summed E-state index contributed by atoms with van der Waals surface area (Å²) in [5, 5.41) is 3.20. The second-order valence-electron chi connectivity index (χ2n) is 3.95. The first-order chi connectivity index (χ1) is 8.80. The van der Waals surface area contributed by atoms with Crippen molar-refractivity contribution >= 4 is 11.6 Å². The van der Waals surface area contributed by atoms with Crippen LogP contribution in [-0.4, -0.2) is 29.7 Å². The lowest BCUT2D eigenvalue weighted by atomic mass is 10.4. The Morgan fingerprint density at radius 1 is 1.22 bits per heavy atom. The number of anilines is 2. The van der Waals surface area contributed by atoms with E-state index in [9.17, 15) is 0 Å². The number of nitrogen functional groups attached to an aromatic ring is 1. The fourth-order valence-corrected chi connectivity index (χ4v) is 1.42. The highest BCUT2D eigenvalue weighted by molar-refractivity contribution is 5.46. The van der Waals surface area contributed by atoms with Crippen LogP contribution in [0.3, 0.4) is 0 Å². The number of aryl methyl sites for hydroxylation is 1. The van der Waals surface area contributed by atoms with Gasteiger partial charge in [-0.3, -0.25) is 0 Å². The van der Waals surface area contributed by atoms with E-state index in [-0.39, 0.29) is 0 Å². The molecule has 0 amide bonds. The van der Waals surface area contributed by atoms with Gasteiger partial charge < -0.3 is 15.5 Å². The highest BCUT2D eigenvalue weighted by Gasteiger charge is 2.01. The van der Waals surface area contributed by atoms with E-state index in [1.807, 2.05) is 6.92 Å². The number of ether oxygens (including phenoxy) is 1. The summed E-state index contributed by atoms with van der Waals surface area (Å²) < 4.78 is 5.46. The van der Waals surface area contributed by atoms with Crippen molar-refractivity contribution in [2.75, 3.05) is 30.5 Å². The smallest absolute Gasteiger partial charge is 0.145 e. The summed E-state index contributed by atoms with van der Waals surface area (Å²) >= 11 is 0. The van der Waals surface area contributed by atoms with Gasteiger partial charge >= 0.3 is 0 Å². The van der Waals surface area contributed by atoms with E-state index in [2.05, 4.69) is 27.6 Å². The van der Waals surface area contributed by atoms with Gasteiger partial charge in [0.2, 0.25) is 0 Å². The maximum absolute atomic E-state index is 5.46. The van der Waals surface area contributed by atoms with Gasteiger partial charge in [0.25, 0.3) is 0 Å². The minimum absolute atomic E-state index is 0.622. The summed E-state index contributed by atoms with van der Waals surface area (Å²) in [7, 11) is 0. The van der Waals surface area contributed by atoms with Crippen molar-refractivity contribution in [2.45, 2.75) is 33.1 Å². The molecule has 0 radical (unpaired) electrons. The van der Waals surface area contributed by atoms with Crippen molar-refractivity contribution in [3.63, 3.8) is 0 Å². The summed E-state index contributed by atoms with van der Waals surface area (Å²) in [6, 6.07) is 1.78. The molecule has 0 bridgehead atoms. The lowest BCUT2D eigenvalue weighted by molar-refractivity contribution is 0.141. The third kappa shape index (κ3) is 5.29. The summed E-state index contributed by atoms with van der Waals surface area (Å²) in [6.07, 6.45) is 3.04. The second kappa shape index (κ2) is 8.66. The number of rotatable bonds is 9. The van der Waals surface area contributed by atoms with Crippen molar-refractivity contribution in [2.24, 2.45) is 5.84 Å². The Labute approximate surface area is 108 Å². The van der Waals surface area contributed by atoms with Gasteiger partial charge in [0.15, 0.2) is 0 Å². The van der Waals surface area contributed by atoms with Crippen LogP contribution < -0.4 is 16.6 Å². The molecule has 0 aromatic carbocycles. The van der Waals surface area contributed by atoms with E-state index in [4.69, 9.17) is 10.6 Å². The van der Waals surface area contributed by atoms with Gasteiger partial charge in [-0.05, 0) is 6.42 Å². The van der Waals surface area contributed by atoms with Crippen LogP contribution in [0.5, 0.6) is 0 Å². The first kappa shape index (κ1) is 14.7. The van der Waals surface area contributed by atoms with E-state index in [1.54, 1.807) is 6.07 Å². The van der Waals surface area contributed by atoms with Crippen LogP contribution in [0.4, 0.5) is 11.6 Å². The average Bonchev–Trinajstić information content (AvgIpc) is 2.42. The van der Waals surface area contributed by atoms with Crippen molar-refractivity contribution in [3.8, 4) is 0 Å². The molecule has 0 saturated carbocycles. The minimum atomic E-state index is 0.622. The quantitative estimate of drug-likeness (QED) is 0.352. The molecule has 1 heterocycles. The summed E-state index contributed by atoms with van der Waals surface area (Å²) in [4.78, 5) is 8.58. The van der Waals surface area contributed by atoms with E-state index in [0.29, 0.717) is 12.4 Å². The van der Waals surface area contributed by atoms with E-state index in [1.165, 1.54) is 0 Å². The van der Waals surface area contributed by atoms with Crippen LogP contribution in [0.2, 0.25) is 0 Å². The van der Waals surface area contributed by atoms with E-state index < -0.39 is 0 Å². The molecular formula is C12H23N5O. The summed E-state index contributed by atoms with van der Waals surface area (Å²) in [5.41, 5.74) is 2.54. The van der Waals surface area contributed by atoms with Gasteiger partial charge in [0.1, 0.15) is 17.5 Å². The number of hydrogen-bond acceptors (Lipinski definition) is 6. The van der Waals surface area contributed by atoms with Crippen LogP contribution in [0, 0.1) is 0 Å². The first-order valence-electron chi connectivity index (χ1n) is 6.46. The molecule has 0 spiro atoms. The number of hydrazine groups is 1. The molecule has 0 unspecified atom stereocenters. The van der Waals surface area contributed by atoms with Crippen LogP contribution in [0.25, 0.3) is 0 Å². The molecule has 1 aromatic rings. The predicted molar refractivity (Wildman–Crippen MR) is 73.4 cm³/mol. The van der Waals surface area contributed by atoms with Crippen molar-refractivity contribution in [3.05, 3.63) is 11.9 Å². The summed E-state index contributed by atoms with van der Waals surface area (Å²) in [5.74, 6) is 7.52. The van der Waals surface area contributed by atoms with Gasteiger partial charge in [0.05, 0.1) is 6.61 Å². The molecule has 0 saturated heterocycles. The standard InChI is InChI=1S/C12H23N5O/c1-3-5-7-18-8-6-14-11-9-12(17-13)16-10(4-2)15-11/h9H,3-8,13H2,1-2H3,(H2,14,15,16,17). The monoisotopic (exact) mass is 253 g/mol. The Hall–Kier alpha value is -1.40. The molecule has 18 heavy (non-hydrogen) atoms. The molecule has 6 heteroatoms. The zero-order valence-corrected chi connectivity index (χ0v) is 11.2. The highest BCUT2D eigenvalue weighted by atomic mass is 16.5. The van der Waals surface area contributed by atoms with Crippen molar-refractivity contribution < 1.29 is 4.74 Å². The zero-order chi connectivity index (χ0) is 13.2. The van der Waals surface area contributed by atoms with Gasteiger partial charge in [-0.25, -0.2) is 15.8 Å². The predicted octanol–water partition coefficient (Wildman–Crippen LogP) is 1.55. The summed E-state index contributed by atoms with van der Waals surface area (Å²) in [6.45, 7) is 6.38. The average molecular weight is 253 g/mol. The molecule has 0 aliphatic carbocycles. The Morgan fingerprint density at radius 2 is 2.00 bits per heavy atom. The first-order valence-corrected chi connectivity index (χ1v) is 6.46. The molecule has 102 valence electrons. The lowest BCUT2D eigenvalue weighted by Gasteiger charge is -2.09. The Balaban J connectivity index is 2.36. The van der Waals surface area contributed by atoms with Gasteiger partial charge in [-0.15, -0.1) is 0 Å². The number of hydrogen-bond donors (Lipinski definition) is 3. The lowest BCUT2D eigenvalue weighted by Crippen LogP contribution is -2.14. The van der Waals surface area contributed by atoms with Gasteiger partial charge in [0, 0.05) is 25.6 Å². The van der Waals surface area contributed by atoms with Gasteiger partial charge in [-0.2, -0.15) is 0 Å². The second-order valence-corrected chi connectivity index (χ2v) is 3.95. The van der Waals surface area contributed by atoms with E-state index in [0.717, 1.165) is 44.1 Å². The molecule has 0 fully saturated rings. The fourth-order valence-electron chi connectivity index (χ4n) is 1.42. The molecule has 6 nitrogen and oxygen atoms in total. The normalized spacial score (nSPS) is 10.4. The number of nitrogens with one attached hydrogen (secondary N) is 2. The molecule has 0 aliphatic heterocycles. The minimum Gasteiger partial charge on any atom is -0.380 e. The van der Waals surface area contributed by atoms with E-state index >= 15 is 0 Å². The third-order valence-electron chi connectivity index (χ3n) is 2.43. The number of nitrogens with two attached hydrogens (primary N) is 1. The van der Waals surface area contributed by atoms with Crippen molar-refractivity contribution in [1.82, 2.24) is 9.97 Å². The molecule has 1 rings (SSSR count). The number of nitrogens with zero attached hydrogens (tertiary/aromatic N) is 2. The van der Waals surface area contributed by atoms with Crippen LogP contribution in [0.15, 0.2) is 6.07 Å². The number of aromatic nitrogens is 2.